The number of likely N-dealkylation sites (N-methyl/N-ethyl adjacent to an activating group) is 1. The van der Waals surface area contributed by atoms with Gasteiger partial charge in [0.15, 0.2) is 0 Å². The standard InChI is InChI=1S/C17H17Cl2FN2O3S/c1-22(7-8-23)26(2,25)12-4-5-14(18)13(10-12)17(24)21-11-3-6-16(20)15(19)9-11/h3-6,9-10,23H,2,7-8H2,1H3,(H,21,24). The minimum absolute atomic E-state index is 0.0818. The van der Waals surface area contributed by atoms with E-state index in [1.54, 1.807) is 7.05 Å². The number of hydrogen-bond acceptors (Lipinski definition) is 3. The Hall–Kier alpha value is -1.64. The van der Waals surface area contributed by atoms with E-state index >= 15 is 0 Å². The number of anilines is 1. The third kappa shape index (κ3) is 4.55. The van der Waals surface area contributed by atoms with Gasteiger partial charge in [-0.1, -0.05) is 23.2 Å². The SMILES string of the molecule is C=S(=O)(c1ccc(Cl)c(C(=O)Nc2ccc(F)c(Cl)c2)c1)N(C)CCO. The van der Waals surface area contributed by atoms with E-state index in [-0.39, 0.29) is 34.4 Å². The number of aliphatic hydroxyl groups is 1. The van der Waals surface area contributed by atoms with Crippen molar-refractivity contribution in [3.8, 4) is 0 Å². The third-order valence-corrected chi connectivity index (χ3v) is 6.45. The molecule has 2 N–H and O–H groups in total. The molecule has 0 saturated heterocycles. The van der Waals surface area contributed by atoms with Crippen molar-refractivity contribution in [2.24, 2.45) is 0 Å². The Morgan fingerprint density at radius 1 is 1.27 bits per heavy atom. The molecule has 0 bridgehead atoms. The van der Waals surface area contributed by atoms with E-state index in [2.05, 4.69) is 11.2 Å². The number of nitrogens with zero attached hydrogens (tertiary/aromatic N) is 1. The number of rotatable bonds is 6. The molecule has 26 heavy (non-hydrogen) atoms. The molecule has 1 atom stereocenters. The van der Waals surface area contributed by atoms with Crippen molar-refractivity contribution < 1.29 is 18.5 Å². The van der Waals surface area contributed by atoms with E-state index < -0.39 is 21.4 Å². The van der Waals surface area contributed by atoms with Gasteiger partial charge in [-0.3, -0.25) is 4.79 Å². The lowest BCUT2D eigenvalue weighted by Gasteiger charge is -2.21. The van der Waals surface area contributed by atoms with Gasteiger partial charge in [0.1, 0.15) is 5.82 Å². The van der Waals surface area contributed by atoms with Gasteiger partial charge in [0.25, 0.3) is 5.91 Å². The molecule has 0 radical (unpaired) electrons. The Balaban J connectivity index is 2.34. The first kappa shape index (κ1) is 20.7. The summed E-state index contributed by atoms with van der Waals surface area (Å²) in [6, 6.07) is 8.09. The second kappa shape index (κ2) is 8.37. The Morgan fingerprint density at radius 3 is 2.58 bits per heavy atom. The second-order valence-corrected chi connectivity index (χ2v) is 8.63. The Labute approximate surface area is 161 Å². The lowest BCUT2D eigenvalue weighted by Crippen LogP contribution is -2.29. The molecule has 0 saturated carbocycles. The van der Waals surface area contributed by atoms with Crippen molar-refractivity contribution >= 4 is 50.4 Å². The average Bonchev–Trinajstić information content (AvgIpc) is 2.58. The molecule has 0 aliphatic rings. The van der Waals surface area contributed by atoms with Crippen molar-refractivity contribution in [3.63, 3.8) is 0 Å². The van der Waals surface area contributed by atoms with Gasteiger partial charge < -0.3 is 10.4 Å². The van der Waals surface area contributed by atoms with Crippen molar-refractivity contribution in [1.29, 1.82) is 0 Å². The Kier molecular flexibility index (Phi) is 6.65. The zero-order valence-corrected chi connectivity index (χ0v) is 16.2. The first-order chi connectivity index (χ1) is 12.2. The first-order valence-electron chi connectivity index (χ1n) is 7.42. The van der Waals surface area contributed by atoms with Crippen LogP contribution in [0.1, 0.15) is 10.4 Å². The molecule has 1 unspecified atom stereocenters. The lowest BCUT2D eigenvalue weighted by molar-refractivity contribution is 0.102. The molecule has 0 fully saturated rings. The molecular weight excluding hydrogens is 402 g/mol. The number of carbonyl (C=O) groups is 1. The van der Waals surface area contributed by atoms with E-state index in [0.717, 1.165) is 6.07 Å². The van der Waals surface area contributed by atoms with Crippen LogP contribution in [0.25, 0.3) is 0 Å². The van der Waals surface area contributed by atoms with Crippen molar-refractivity contribution in [2.75, 3.05) is 25.5 Å². The maximum atomic E-state index is 13.2. The summed E-state index contributed by atoms with van der Waals surface area (Å²) in [6.07, 6.45) is 0. The quantitative estimate of drug-likeness (QED) is 0.706. The van der Waals surface area contributed by atoms with E-state index in [9.17, 15) is 13.4 Å². The van der Waals surface area contributed by atoms with Gasteiger partial charge in [0.05, 0.1) is 31.9 Å². The fourth-order valence-corrected chi connectivity index (χ4v) is 3.82. The summed E-state index contributed by atoms with van der Waals surface area (Å²) in [4.78, 5) is 12.8. The van der Waals surface area contributed by atoms with Crippen molar-refractivity contribution in [1.82, 2.24) is 4.31 Å². The molecule has 0 aromatic heterocycles. The summed E-state index contributed by atoms with van der Waals surface area (Å²) >= 11 is 11.8. The number of nitrogens with one attached hydrogen (secondary N) is 1. The second-order valence-electron chi connectivity index (χ2n) is 5.44. The smallest absolute Gasteiger partial charge is 0.257 e. The fourth-order valence-electron chi connectivity index (χ4n) is 2.12. The van der Waals surface area contributed by atoms with Gasteiger partial charge in [-0.2, -0.15) is 0 Å². The normalized spacial score (nSPS) is 13.5. The third-order valence-electron chi connectivity index (χ3n) is 3.65. The molecule has 2 rings (SSSR count). The average molecular weight is 419 g/mol. The van der Waals surface area contributed by atoms with Crippen molar-refractivity contribution in [2.45, 2.75) is 4.90 Å². The van der Waals surface area contributed by atoms with Gasteiger partial charge in [-0.25, -0.2) is 12.9 Å². The van der Waals surface area contributed by atoms with Crippen LogP contribution in [0.5, 0.6) is 0 Å². The molecule has 0 heterocycles. The van der Waals surface area contributed by atoms with Gasteiger partial charge in [0, 0.05) is 17.1 Å². The highest BCUT2D eigenvalue weighted by molar-refractivity contribution is 7.98. The number of carbonyl (C=O) groups excluding carboxylic acids is 1. The summed E-state index contributed by atoms with van der Waals surface area (Å²) in [7, 11) is -1.34. The molecule has 5 nitrogen and oxygen atoms in total. The molecule has 0 aliphatic heterocycles. The predicted molar refractivity (Wildman–Crippen MR) is 104 cm³/mol. The van der Waals surface area contributed by atoms with Crippen LogP contribution in [0.2, 0.25) is 10.0 Å². The number of halogens is 3. The van der Waals surface area contributed by atoms with E-state index in [0.29, 0.717) is 4.90 Å². The molecule has 9 heteroatoms. The lowest BCUT2D eigenvalue weighted by atomic mass is 10.2. The minimum Gasteiger partial charge on any atom is -0.395 e. The molecule has 2 aromatic rings. The zero-order valence-electron chi connectivity index (χ0n) is 13.8. The van der Waals surface area contributed by atoms with Crippen LogP contribution in [-0.2, 0) is 9.71 Å². The van der Waals surface area contributed by atoms with E-state index in [1.807, 2.05) is 0 Å². The molecular formula is C17H17Cl2FN2O3S. The van der Waals surface area contributed by atoms with Crippen LogP contribution in [-0.4, -0.2) is 45.6 Å². The summed E-state index contributed by atoms with van der Waals surface area (Å²) in [6.45, 7) is -0.0319. The molecule has 2 aromatic carbocycles. The highest BCUT2D eigenvalue weighted by atomic mass is 35.5. The molecule has 1 amide bonds. The topological polar surface area (TPSA) is 69.6 Å². The first-order valence-corrected chi connectivity index (χ1v) is 9.86. The fraction of sp³-hybridized carbons (Fsp3) is 0.176. The zero-order chi connectivity index (χ0) is 19.5. The highest BCUT2D eigenvalue weighted by Gasteiger charge is 2.18. The van der Waals surface area contributed by atoms with Gasteiger partial charge in [-0.15, -0.1) is 0 Å². The molecule has 0 aliphatic carbocycles. The maximum absolute atomic E-state index is 13.2. The molecule has 0 spiro atoms. The summed E-state index contributed by atoms with van der Waals surface area (Å²) in [5.41, 5.74) is 0.369. The van der Waals surface area contributed by atoms with Gasteiger partial charge in [-0.05, 0) is 49.3 Å². The number of hydrogen-bond donors (Lipinski definition) is 2. The summed E-state index contributed by atoms with van der Waals surface area (Å²) in [5, 5.41) is 11.6. The minimum atomic E-state index is -2.90. The van der Waals surface area contributed by atoms with Crippen molar-refractivity contribution in [3.05, 3.63) is 57.8 Å². The van der Waals surface area contributed by atoms with Crippen LogP contribution >= 0.6 is 23.2 Å². The predicted octanol–water partition coefficient (Wildman–Crippen LogP) is 3.30. The highest BCUT2D eigenvalue weighted by Crippen LogP contribution is 2.25. The monoisotopic (exact) mass is 418 g/mol. The van der Waals surface area contributed by atoms with Crippen LogP contribution in [0.3, 0.4) is 0 Å². The summed E-state index contributed by atoms with van der Waals surface area (Å²) in [5.74, 6) is 2.53. The van der Waals surface area contributed by atoms with E-state index in [4.69, 9.17) is 28.3 Å². The van der Waals surface area contributed by atoms with Gasteiger partial charge >= 0.3 is 0 Å². The number of amides is 1. The van der Waals surface area contributed by atoms with Crippen LogP contribution in [0.4, 0.5) is 10.1 Å². The number of aliphatic hydroxyl groups excluding tert-OH is 1. The summed E-state index contributed by atoms with van der Waals surface area (Å²) < 4.78 is 27.5. The van der Waals surface area contributed by atoms with Crippen LogP contribution in [0.15, 0.2) is 41.3 Å². The Morgan fingerprint density at radius 2 is 1.96 bits per heavy atom. The largest absolute Gasteiger partial charge is 0.395 e. The number of benzene rings is 2. The maximum Gasteiger partial charge on any atom is 0.257 e. The van der Waals surface area contributed by atoms with Crippen LogP contribution < -0.4 is 5.32 Å². The van der Waals surface area contributed by atoms with Gasteiger partial charge in [0.2, 0.25) is 0 Å². The van der Waals surface area contributed by atoms with E-state index in [1.165, 1.54) is 34.6 Å². The Bertz CT molecular complexity index is 936. The molecule has 140 valence electrons. The van der Waals surface area contributed by atoms with Crippen LogP contribution in [0, 0.1) is 5.82 Å².